The summed E-state index contributed by atoms with van der Waals surface area (Å²) in [5.74, 6) is 0.601. The largest absolute Gasteiger partial charge is 0.485 e. The normalized spacial score (nSPS) is 18.6. The Morgan fingerprint density at radius 2 is 1.94 bits per heavy atom. The van der Waals surface area contributed by atoms with Crippen LogP contribution in [-0.2, 0) is 0 Å². The summed E-state index contributed by atoms with van der Waals surface area (Å²) in [4.78, 5) is 17.7. The summed E-state index contributed by atoms with van der Waals surface area (Å²) in [6.07, 6.45) is 7.95. The van der Waals surface area contributed by atoms with Crippen molar-refractivity contribution in [3.8, 4) is 28.3 Å². The number of benzene rings is 1. The first kappa shape index (κ1) is 19.8. The molecule has 33 heavy (non-hydrogen) atoms. The molecule has 0 bridgehead atoms. The van der Waals surface area contributed by atoms with E-state index >= 15 is 0 Å². The molecule has 1 aromatic carbocycles. The molecule has 1 saturated heterocycles. The number of halogens is 1. The summed E-state index contributed by atoms with van der Waals surface area (Å²) >= 11 is 0. The summed E-state index contributed by atoms with van der Waals surface area (Å²) < 4.78 is 22.4. The van der Waals surface area contributed by atoms with Crippen LogP contribution in [0.15, 0.2) is 73.6 Å². The van der Waals surface area contributed by atoms with Gasteiger partial charge in [0.1, 0.15) is 35.5 Å². The van der Waals surface area contributed by atoms with Crippen LogP contribution in [0.2, 0.25) is 0 Å². The molecule has 0 spiro atoms. The van der Waals surface area contributed by atoms with Gasteiger partial charge in [-0.1, -0.05) is 18.2 Å². The predicted octanol–water partition coefficient (Wildman–Crippen LogP) is 4.09. The van der Waals surface area contributed by atoms with E-state index in [2.05, 4.69) is 20.3 Å². The highest BCUT2D eigenvalue weighted by Crippen LogP contribution is 2.30. The van der Waals surface area contributed by atoms with Gasteiger partial charge in [0.05, 0.1) is 17.6 Å². The highest BCUT2D eigenvalue weighted by molar-refractivity contribution is 5.86. The van der Waals surface area contributed by atoms with E-state index in [1.807, 2.05) is 59.3 Å². The van der Waals surface area contributed by atoms with Gasteiger partial charge in [0, 0.05) is 36.1 Å². The van der Waals surface area contributed by atoms with Crippen molar-refractivity contribution in [2.75, 3.05) is 13.1 Å². The van der Waals surface area contributed by atoms with Crippen molar-refractivity contribution >= 4 is 16.6 Å². The molecule has 2 atom stereocenters. The van der Waals surface area contributed by atoms with E-state index in [4.69, 9.17) is 9.72 Å². The number of hydrogen-bond donors (Lipinski definition) is 1. The first-order chi connectivity index (χ1) is 16.3. The molecule has 1 N–H and O–H groups in total. The van der Waals surface area contributed by atoms with Crippen LogP contribution in [0, 0.1) is 0 Å². The highest BCUT2D eigenvalue weighted by atomic mass is 19.1. The highest BCUT2D eigenvalue weighted by Gasteiger charge is 2.27. The number of aromatic nitrogens is 5. The molecule has 5 heterocycles. The van der Waals surface area contributed by atoms with Gasteiger partial charge >= 0.3 is 0 Å². The lowest BCUT2D eigenvalue weighted by Crippen LogP contribution is -2.44. The molecule has 0 radical (unpaired) electrons. The maximum atomic E-state index is 14.3. The van der Waals surface area contributed by atoms with E-state index < -0.39 is 12.3 Å². The van der Waals surface area contributed by atoms with Crippen LogP contribution in [-0.4, -0.2) is 49.7 Å². The predicted molar refractivity (Wildman–Crippen MR) is 124 cm³/mol. The Labute approximate surface area is 189 Å². The van der Waals surface area contributed by atoms with Crippen LogP contribution >= 0.6 is 0 Å². The number of para-hydroxylation sites is 1. The van der Waals surface area contributed by atoms with Crippen LogP contribution in [0.4, 0.5) is 4.39 Å². The van der Waals surface area contributed by atoms with Crippen molar-refractivity contribution in [3.63, 3.8) is 0 Å². The van der Waals surface area contributed by atoms with E-state index in [0.717, 1.165) is 40.1 Å². The van der Waals surface area contributed by atoms with Crippen LogP contribution < -0.4 is 10.1 Å². The van der Waals surface area contributed by atoms with Crippen LogP contribution in [0.1, 0.15) is 6.42 Å². The summed E-state index contributed by atoms with van der Waals surface area (Å²) in [7, 11) is 0. The first-order valence-corrected chi connectivity index (χ1v) is 10.9. The average molecular weight is 440 g/mol. The van der Waals surface area contributed by atoms with E-state index in [0.29, 0.717) is 24.2 Å². The Morgan fingerprint density at radius 1 is 1.03 bits per heavy atom. The van der Waals surface area contributed by atoms with Gasteiger partial charge in [0.2, 0.25) is 0 Å². The molecule has 0 aliphatic carbocycles. The third-order valence-corrected chi connectivity index (χ3v) is 5.98. The molecule has 1 unspecified atom stereocenters. The minimum atomic E-state index is -1.04. The molecule has 1 aliphatic heterocycles. The lowest BCUT2D eigenvalue weighted by atomic mass is 10.1. The zero-order valence-corrected chi connectivity index (χ0v) is 17.7. The first-order valence-electron chi connectivity index (χ1n) is 10.9. The Kier molecular flexibility index (Phi) is 4.92. The molecule has 0 amide bonds. The fourth-order valence-electron chi connectivity index (χ4n) is 4.25. The zero-order valence-electron chi connectivity index (χ0n) is 17.7. The van der Waals surface area contributed by atoms with Crippen molar-refractivity contribution in [1.82, 2.24) is 29.7 Å². The maximum Gasteiger partial charge on any atom is 0.149 e. The average Bonchev–Trinajstić information content (AvgIpc) is 3.29. The second kappa shape index (κ2) is 8.22. The molecular formula is C25H21FN6O. The number of nitrogens with zero attached hydrogens (tertiary/aromatic N) is 5. The van der Waals surface area contributed by atoms with E-state index in [1.165, 1.54) is 6.33 Å². The van der Waals surface area contributed by atoms with Crippen molar-refractivity contribution in [3.05, 3.63) is 73.6 Å². The molecule has 1 aliphatic rings. The van der Waals surface area contributed by atoms with Crippen molar-refractivity contribution in [1.29, 1.82) is 0 Å². The van der Waals surface area contributed by atoms with Gasteiger partial charge in [-0.25, -0.2) is 24.3 Å². The Morgan fingerprint density at radius 3 is 2.82 bits per heavy atom. The molecule has 4 aromatic heterocycles. The molecule has 5 aromatic rings. The second-order valence-electron chi connectivity index (χ2n) is 8.10. The van der Waals surface area contributed by atoms with Gasteiger partial charge in [0.15, 0.2) is 0 Å². The lowest BCUT2D eigenvalue weighted by molar-refractivity contribution is 0.0743. The monoisotopic (exact) mass is 440 g/mol. The fourth-order valence-corrected chi connectivity index (χ4v) is 4.25. The van der Waals surface area contributed by atoms with E-state index in [-0.39, 0.29) is 0 Å². The lowest BCUT2D eigenvalue weighted by Gasteiger charge is -2.27. The summed E-state index contributed by atoms with van der Waals surface area (Å²) in [5.41, 5.74) is 5.07. The minimum absolute atomic E-state index is 0.313. The minimum Gasteiger partial charge on any atom is -0.485 e. The van der Waals surface area contributed by atoms with Gasteiger partial charge in [0.25, 0.3) is 0 Å². The summed E-state index contributed by atoms with van der Waals surface area (Å²) in [5, 5.41) is 4.00. The molecule has 6 rings (SSSR count). The van der Waals surface area contributed by atoms with Crippen LogP contribution in [0.5, 0.6) is 5.75 Å². The van der Waals surface area contributed by atoms with Gasteiger partial charge in [-0.05, 0) is 42.8 Å². The quantitative estimate of drug-likeness (QED) is 0.454. The number of hydrogen-bond acceptors (Lipinski definition) is 6. The van der Waals surface area contributed by atoms with E-state index in [1.54, 1.807) is 12.4 Å². The molecular weight excluding hydrogens is 419 g/mol. The number of piperidine rings is 1. The Balaban J connectivity index is 1.39. The van der Waals surface area contributed by atoms with Gasteiger partial charge in [-0.3, -0.25) is 4.40 Å². The molecule has 164 valence electrons. The third kappa shape index (κ3) is 3.68. The van der Waals surface area contributed by atoms with E-state index in [9.17, 15) is 4.39 Å². The van der Waals surface area contributed by atoms with Crippen LogP contribution in [0.25, 0.3) is 39.1 Å². The van der Waals surface area contributed by atoms with Crippen molar-refractivity contribution in [2.24, 2.45) is 0 Å². The standard InChI is InChI=1S/C25H21FN6O/c26-19-13-27-8-6-22(19)33-23-3-1-2-16-4-5-20(31-25(16)23)21-14-30-24-10-17(7-9-32(21)24)18-11-28-15-29-12-18/h1-5,7,9-12,14-15,19,22,27H,6,8,13H2/t19-,22?/m0/s1. The summed E-state index contributed by atoms with van der Waals surface area (Å²) in [6.45, 7) is 1.06. The number of imidazole rings is 1. The number of rotatable bonds is 4. The number of nitrogens with one attached hydrogen (secondary N) is 1. The van der Waals surface area contributed by atoms with Crippen molar-refractivity contribution < 1.29 is 9.13 Å². The SMILES string of the molecule is F[C@H]1CNCCC1Oc1cccc2ccc(-c3cnc4cc(-c5cncnc5)ccn34)nc12. The van der Waals surface area contributed by atoms with Crippen molar-refractivity contribution in [2.45, 2.75) is 18.7 Å². The van der Waals surface area contributed by atoms with Gasteiger partial charge in [-0.2, -0.15) is 0 Å². The number of alkyl halides is 1. The molecule has 1 fully saturated rings. The maximum absolute atomic E-state index is 14.3. The number of fused-ring (bicyclic) bond motifs is 2. The van der Waals surface area contributed by atoms with Gasteiger partial charge < -0.3 is 10.1 Å². The Hall–Kier alpha value is -3.91. The van der Waals surface area contributed by atoms with Gasteiger partial charge in [-0.15, -0.1) is 0 Å². The fraction of sp³-hybridized carbons (Fsp3) is 0.200. The molecule has 0 saturated carbocycles. The molecule has 8 heteroatoms. The topological polar surface area (TPSA) is 77.2 Å². The third-order valence-electron chi connectivity index (χ3n) is 5.98. The Bertz CT molecular complexity index is 1440. The smallest absolute Gasteiger partial charge is 0.149 e. The second-order valence-corrected chi connectivity index (χ2v) is 8.10. The van der Waals surface area contributed by atoms with Crippen LogP contribution in [0.3, 0.4) is 0 Å². The zero-order chi connectivity index (χ0) is 22.2. The number of pyridine rings is 2. The summed E-state index contributed by atoms with van der Waals surface area (Å²) in [6, 6.07) is 13.7. The number of ether oxygens (including phenoxy) is 1. The molecule has 7 nitrogen and oxygen atoms in total.